The summed E-state index contributed by atoms with van der Waals surface area (Å²) < 4.78 is 17.0. The van der Waals surface area contributed by atoms with E-state index in [1.54, 1.807) is 0 Å². The van der Waals surface area contributed by atoms with E-state index < -0.39 is 6.10 Å². The van der Waals surface area contributed by atoms with Crippen molar-refractivity contribution in [2.45, 2.75) is 419 Å². The second-order valence-corrected chi connectivity index (χ2v) is 24.9. The minimum Gasteiger partial charge on any atom is -0.462 e. The van der Waals surface area contributed by atoms with E-state index in [1.165, 1.54) is 315 Å². The Balaban J connectivity index is 4.24. The third kappa shape index (κ3) is 66.7. The van der Waals surface area contributed by atoms with Crippen molar-refractivity contribution in [1.29, 1.82) is 0 Å². The molecule has 0 heterocycles. The minimum atomic E-state index is -0.774. The Morgan fingerprint density at radius 3 is 0.625 bits per heavy atom. The van der Waals surface area contributed by atoms with E-state index in [1.807, 2.05) is 0 Å². The van der Waals surface area contributed by atoms with Crippen LogP contribution >= 0.6 is 0 Å². The van der Waals surface area contributed by atoms with Gasteiger partial charge in [0.25, 0.3) is 0 Å². The highest BCUT2D eigenvalue weighted by molar-refractivity contribution is 5.71. The molecule has 0 N–H and O–H groups in total. The largest absolute Gasteiger partial charge is 0.462 e. The summed E-state index contributed by atoms with van der Waals surface area (Å²) in [6, 6.07) is 0. The summed E-state index contributed by atoms with van der Waals surface area (Å²) in [6.07, 6.45) is 85.0. The van der Waals surface area contributed by atoms with E-state index in [-0.39, 0.29) is 31.1 Å². The van der Waals surface area contributed by atoms with Gasteiger partial charge >= 0.3 is 17.9 Å². The molecule has 80 heavy (non-hydrogen) atoms. The molecule has 0 aromatic carbocycles. The Kier molecular flexibility index (Phi) is 67.6. The summed E-state index contributed by atoms with van der Waals surface area (Å²) in [5, 5.41) is 0. The van der Waals surface area contributed by atoms with Crippen molar-refractivity contribution in [2.75, 3.05) is 13.2 Å². The van der Waals surface area contributed by atoms with Gasteiger partial charge in [0.05, 0.1) is 0 Å². The highest BCUT2D eigenvalue weighted by Crippen LogP contribution is 2.19. The standard InChI is InChI=1S/C74H140O6/c1-4-7-10-13-16-19-22-25-28-31-33-34-35-36-37-38-39-40-41-44-46-49-52-55-58-61-64-67-73(76)79-70-71(69-78-72(75)66-63-60-57-54-51-48-45-42-30-27-24-21-18-15-12-9-6-3)80-74(77)68-65-62-59-56-53-50-47-43-32-29-26-23-20-17-14-11-8-5-2/h27,29-30,32,71H,4-26,28,31,33-70H2,1-3H3/b30-27-,32-29-. The summed E-state index contributed by atoms with van der Waals surface area (Å²) >= 11 is 0. The zero-order chi connectivity index (χ0) is 57.8. The molecule has 0 aliphatic carbocycles. The van der Waals surface area contributed by atoms with Crippen molar-refractivity contribution >= 4 is 17.9 Å². The van der Waals surface area contributed by atoms with E-state index in [2.05, 4.69) is 45.1 Å². The van der Waals surface area contributed by atoms with Gasteiger partial charge in [-0.15, -0.1) is 0 Å². The maximum Gasteiger partial charge on any atom is 0.306 e. The van der Waals surface area contributed by atoms with Crippen molar-refractivity contribution in [1.82, 2.24) is 0 Å². The van der Waals surface area contributed by atoms with Gasteiger partial charge in [-0.1, -0.05) is 347 Å². The zero-order valence-electron chi connectivity index (χ0n) is 54.4. The molecule has 0 fully saturated rings. The average Bonchev–Trinajstić information content (AvgIpc) is 3.46. The Morgan fingerprint density at radius 1 is 0.237 bits per heavy atom. The summed E-state index contributed by atoms with van der Waals surface area (Å²) in [6.45, 7) is 6.71. The number of unbranched alkanes of at least 4 members (excludes halogenated alkanes) is 53. The number of esters is 3. The van der Waals surface area contributed by atoms with Crippen molar-refractivity contribution in [2.24, 2.45) is 0 Å². The van der Waals surface area contributed by atoms with Crippen LogP contribution in [0.2, 0.25) is 0 Å². The molecule has 0 aromatic rings. The Labute approximate surface area is 500 Å². The second kappa shape index (κ2) is 69.4. The topological polar surface area (TPSA) is 78.9 Å². The van der Waals surface area contributed by atoms with Crippen LogP contribution in [0.4, 0.5) is 0 Å². The van der Waals surface area contributed by atoms with Crippen molar-refractivity contribution < 1.29 is 28.6 Å². The molecule has 1 atom stereocenters. The van der Waals surface area contributed by atoms with Crippen LogP contribution in [-0.2, 0) is 28.6 Å². The molecule has 1 unspecified atom stereocenters. The first-order valence-corrected chi connectivity index (χ1v) is 36.3. The summed E-state index contributed by atoms with van der Waals surface area (Å²) in [7, 11) is 0. The number of carbonyl (C=O) groups is 3. The lowest BCUT2D eigenvalue weighted by atomic mass is 10.0. The molecule has 0 aromatic heterocycles. The van der Waals surface area contributed by atoms with Crippen LogP contribution in [0.3, 0.4) is 0 Å². The molecule has 6 heteroatoms. The van der Waals surface area contributed by atoms with Crippen molar-refractivity contribution in [3.63, 3.8) is 0 Å². The molecular formula is C74H140O6. The lowest BCUT2D eigenvalue weighted by Gasteiger charge is -2.18. The number of ether oxygens (including phenoxy) is 3. The van der Waals surface area contributed by atoms with E-state index in [4.69, 9.17) is 14.2 Å². The lowest BCUT2D eigenvalue weighted by Crippen LogP contribution is -2.30. The molecule has 472 valence electrons. The highest BCUT2D eigenvalue weighted by atomic mass is 16.6. The van der Waals surface area contributed by atoms with Gasteiger partial charge in [0.2, 0.25) is 0 Å². The molecule has 0 amide bonds. The van der Waals surface area contributed by atoms with Gasteiger partial charge in [0, 0.05) is 19.3 Å². The zero-order valence-corrected chi connectivity index (χ0v) is 54.4. The Morgan fingerprint density at radius 2 is 0.412 bits per heavy atom. The number of carbonyl (C=O) groups excluding carboxylic acids is 3. The van der Waals surface area contributed by atoms with Crippen LogP contribution in [0.5, 0.6) is 0 Å². The predicted molar refractivity (Wildman–Crippen MR) is 349 cm³/mol. The van der Waals surface area contributed by atoms with Crippen molar-refractivity contribution in [3.8, 4) is 0 Å². The highest BCUT2D eigenvalue weighted by Gasteiger charge is 2.19. The molecule has 0 rings (SSSR count). The fourth-order valence-corrected chi connectivity index (χ4v) is 11.2. The van der Waals surface area contributed by atoms with Gasteiger partial charge in [-0.05, 0) is 70.6 Å². The quantitative estimate of drug-likeness (QED) is 0.0261. The van der Waals surface area contributed by atoms with Crippen LogP contribution in [0, 0.1) is 0 Å². The molecule has 0 aliphatic rings. The first-order chi connectivity index (χ1) is 39.5. The molecule has 0 saturated carbocycles. The molecule has 0 aliphatic heterocycles. The first kappa shape index (κ1) is 77.9. The number of hydrogen-bond donors (Lipinski definition) is 0. The van der Waals surface area contributed by atoms with Gasteiger partial charge in [-0.25, -0.2) is 0 Å². The van der Waals surface area contributed by atoms with Crippen LogP contribution in [0.25, 0.3) is 0 Å². The summed E-state index contributed by atoms with van der Waals surface area (Å²) in [5.74, 6) is -0.845. The van der Waals surface area contributed by atoms with Crippen molar-refractivity contribution in [3.05, 3.63) is 24.3 Å². The van der Waals surface area contributed by atoms with E-state index in [0.717, 1.165) is 57.8 Å². The minimum absolute atomic E-state index is 0.0689. The molecule has 6 nitrogen and oxygen atoms in total. The van der Waals surface area contributed by atoms with Gasteiger partial charge in [-0.3, -0.25) is 14.4 Å². The normalized spacial score (nSPS) is 12.1. The van der Waals surface area contributed by atoms with Crippen LogP contribution < -0.4 is 0 Å². The van der Waals surface area contributed by atoms with Gasteiger partial charge < -0.3 is 14.2 Å². The van der Waals surface area contributed by atoms with E-state index >= 15 is 0 Å². The van der Waals surface area contributed by atoms with Crippen LogP contribution in [0.1, 0.15) is 412 Å². The third-order valence-corrected chi connectivity index (χ3v) is 16.7. The lowest BCUT2D eigenvalue weighted by molar-refractivity contribution is -0.167. The monoisotopic (exact) mass is 1130 g/mol. The first-order valence-electron chi connectivity index (χ1n) is 36.3. The Hall–Kier alpha value is -2.11. The number of rotatable bonds is 68. The summed E-state index contributed by atoms with van der Waals surface area (Å²) in [4.78, 5) is 38.5. The fourth-order valence-electron chi connectivity index (χ4n) is 11.2. The second-order valence-electron chi connectivity index (χ2n) is 24.9. The number of allylic oxidation sites excluding steroid dienone is 4. The van der Waals surface area contributed by atoms with E-state index in [9.17, 15) is 14.4 Å². The maximum atomic E-state index is 13.0. The molecule has 0 radical (unpaired) electrons. The smallest absolute Gasteiger partial charge is 0.306 e. The van der Waals surface area contributed by atoms with Crippen LogP contribution in [-0.4, -0.2) is 37.2 Å². The molecule has 0 bridgehead atoms. The molecular weight excluding hydrogens is 985 g/mol. The average molecular weight is 1130 g/mol. The van der Waals surface area contributed by atoms with Gasteiger partial charge in [0.1, 0.15) is 13.2 Å². The van der Waals surface area contributed by atoms with Crippen LogP contribution in [0.15, 0.2) is 24.3 Å². The van der Waals surface area contributed by atoms with Gasteiger partial charge in [-0.2, -0.15) is 0 Å². The van der Waals surface area contributed by atoms with Gasteiger partial charge in [0.15, 0.2) is 6.10 Å². The number of hydrogen-bond acceptors (Lipinski definition) is 6. The summed E-state index contributed by atoms with van der Waals surface area (Å²) in [5.41, 5.74) is 0. The molecule has 0 saturated heterocycles. The predicted octanol–water partition coefficient (Wildman–Crippen LogP) is 25.0. The SMILES string of the molecule is CCCCCCCC/C=C\CCCCCCCCCC(=O)OCC(COC(=O)CCCCCCCCCCCCCCCCCCCCCCCCCCCCC)OC(=O)CCCCCCCCC/C=C\CCCCCCCCC. The van der Waals surface area contributed by atoms with E-state index in [0.29, 0.717) is 19.3 Å². The fraction of sp³-hybridized carbons (Fsp3) is 0.905. The molecule has 0 spiro atoms. The third-order valence-electron chi connectivity index (χ3n) is 16.7. The maximum absolute atomic E-state index is 13.0. The Bertz CT molecular complexity index is 1290.